The Bertz CT molecular complexity index is 123. The summed E-state index contributed by atoms with van der Waals surface area (Å²) in [7, 11) is 0. The zero-order valence-corrected chi connectivity index (χ0v) is 7.08. The van der Waals surface area contributed by atoms with Crippen molar-refractivity contribution in [3.05, 3.63) is 0 Å². The average Bonchev–Trinajstić information content (AvgIpc) is 1.87. The lowest BCUT2D eigenvalue weighted by atomic mass is 9.99. The smallest absolute Gasteiger partial charge is 0.332 e. The van der Waals surface area contributed by atoms with Gasteiger partial charge in [-0.25, -0.2) is 4.79 Å². The molecule has 0 unspecified atom stereocenters. The third-order valence-corrected chi connectivity index (χ3v) is 1.69. The number of rotatable bonds is 5. The lowest BCUT2D eigenvalue weighted by Crippen LogP contribution is -2.21. The number of hydrogen-bond donors (Lipinski definition) is 2. The molecule has 0 heterocycles. The Labute approximate surface area is 67.0 Å². The highest BCUT2D eigenvalue weighted by molar-refractivity contribution is 5.71. The van der Waals surface area contributed by atoms with Crippen LogP contribution in [0.25, 0.3) is 0 Å². The third-order valence-electron chi connectivity index (χ3n) is 1.69. The molecular formula is C8H16O3. The summed E-state index contributed by atoms with van der Waals surface area (Å²) in [6, 6.07) is 0. The van der Waals surface area contributed by atoms with Crippen LogP contribution in [0, 0.1) is 5.92 Å². The van der Waals surface area contributed by atoms with Gasteiger partial charge in [0.25, 0.3) is 0 Å². The molecule has 0 rings (SSSR count). The van der Waals surface area contributed by atoms with Crippen LogP contribution in [0.15, 0.2) is 0 Å². The minimum absolute atomic E-state index is 0.297. The molecule has 0 aliphatic carbocycles. The maximum absolute atomic E-state index is 10.2. The van der Waals surface area contributed by atoms with Crippen LogP contribution >= 0.6 is 0 Å². The third kappa shape index (κ3) is 4.79. The van der Waals surface area contributed by atoms with Crippen LogP contribution in [0.3, 0.4) is 0 Å². The van der Waals surface area contributed by atoms with Gasteiger partial charge < -0.3 is 10.2 Å². The number of carboxylic acids is 1. The van der Waals surface area contributed by atoms with Gasteiger partial charge in [-0.05, 0) is 12.3 Å². The van der Waals surface area contributed by atoms with Crippen molar-refractivity contribution in [1.29, 1.82) is 0 Å². The molecule has 0 fully saturated rings. The highest BCUT2D eigenvalue weighted by Crippen LogP contribution is 2.12. The summed E-state index contributed by atoms with van der Waals surface area (Å²) in [5.74, 6) is -0.820. The van der Waals surface area contributed by atoms with Gasteiger partial charge in [-0.1, -0.05) is 26.7 Å². The standard InChI is InChI=1S/C8H16O3/c1-3-4-6(2)5-7(9)8(10)11/h6-7,9H,3-5H2,1-2H3,(H,10,11)/t6-,7-/m1/s1. The lowest BCUT2D eigenvalue weighted by molar-refractivity contribution is -0.147. The molecule has 0 aromatic heterocycles. The molecule has 2 atom stereocenters. The fourth-order valence-electron chi connectivity index (χ4n) is 1.09. The second kappa shape index (κ2) is 5.13. The van der Waals surface area contributed by atoms with E-state index in [1.54, 1.807) is 0 Å². The van der Waals surface area contributed by atoms with Gasteiger partial charge in [0.1, 0.15) is 0 Å². The summed E-state index contributed by atoms with van der Waals surface area (Å²) < 4.78 is 0. The van der Waals surface area contributed by atoms with Crippen molar-refractivity contribution in [2.75, 3.05) is 0 Å². The Morgan fingerprint density at radius 1 is 1.55 bits per heavy atom. The second-order valence-electron chi connectivity index (χ2n) is 2.98. The molecule has 0 aliphatic heterocycles. The maximum Gasteiger partial charge on any atom is 0.332 e. The quantitative estimate of drug-likeness (QED) is 0.636. The van der Waals surface area contributed by atoms with E-state index in [9.17, 15) is 4.79 Å². The van der Waals surface area contributed by atoms with Crippen LogP contribution < -0.4 is 0 Å². The largest absolute Gasteiger partial charge is 0.479 e. The molecule has 0 aromatic rings. The minimum atomic E-state index is -1.18. The van der Waals surface area contributed by atoms with Crippen LogP contribution in [0.2, 0.25) is 0 Å². The van der Waals surface area contributed by atoms with E-state index >= 15 is 0 Å². The van der Waals surface area contributed by atoms with Gasteiger partial charge >= 0.3 is 5.97 Å². The van der Waals surface area contributed by atoms with E-state index in [1.165, 1.54) is 0 Å². The van der Waals surface area contributed by atoms with Crippen molar-refractivity contribution in [2.24, 2.45) is 5.92 Å². The predicted octanol–water partition coefficient (Wildman–Crippen LogP) is 1.26. The summed E-state index contributed by atoms with van der Waals surface area (Å²) >= 11 is 0. The summed E-state index contributed by atoms with van der Waals surface area (Å²) in [6.07, 6.45) is 1.19. The van der Waals surface area contributed by atoms with Crippen LogP contribution in [0.5, 0.6) is 0 Å². The molecule has 0 bridgehead atoms. The number of aliphatic hydroxyl groups excluding tert-OH is 1. The zero-order valence-electron chi connectivity index (χ0n) is 7.08. The Hall–Kier alpha value is -0.570. The van der Waals surface area contributed by atoms with E-state index in [-0.39, 0.29) is 0 Å². The highest BCUT2D eigenvalue weighted by atomic mass is 16.4. The zero-order chi connectivity index (χ0) is 8.85. The second-order valence-corrected chi connectivity index (χ2v) is 2.98. The monoisotopic (exact) mass is 160 g/mol. The first-order chi connectivity index (χ1) is 5.07. The number of aliphatic carboxylic acids is 1. The average molecular weight is 160 g/mol. The van der Waals surface area contributed by atoms with Gasteiger partial charge in [-0.15, -0.1) is 0 Å². The molecule has 3 nitrogen and oxygen atoms in total. The van der Waals surface area contributed by atoms with Crippen LogP contribution in [0.1, 0.15) is 33.1 Å². The van der Waals surface area contributed by atoms with Crippen molar-refractivity contribution in [3.63, 3.8) is 0 Å². The minimum Gasteiger partial charge on any atom is -0.479 e. The normalized spacial score (nSPS) is 15.9. The number of hydrogen-bond acceptors (Lipinski definition) is 2. The fraction of sp³-hybridized carbons (Fsp3) is 0.875. The summed E-state index contributed by atoms with van der Waals surface area (Å²) in [5, 5.41) is 17.3. The Morgan fingerprint density at radius 3 is 2.45 bits per heavy atom. The molecule has 0 saturated carbocycles. The van der Waals surface area contributed by atoms with E-state index in [1.807, 2.05) is 13.8 Å². The summed E-state index contributed by atoms with van der Waals surface area (Å²) in [4.78, 5) is 10.2. The number of aliphatic hydroxyl groups is 1. The number of carbonyl (C=O) groups is 1. The molecule has 0 spiro atoms. The first kappa shape index (κ1) is 10.4. The first-order valence-electron chi connectivity index (χ1n) is 3.98. The van der Waals surface area contributed by atoms with Gasteiger partial charge in [-0.2, -0.15) is 0 Å². The molecular weight excluding hydrogens is 144 g/mol. The van der Waals surface area contributed by atoms with Crippen LogP contribution in [-0.2, 0) is 4.79 Å². The Kier molecular flexibility index (Phi) is 4.86. The van der Waals surface area contributed by atoms with Crippen molar-refractivity contribution in [2.45, 2.75) is 39.2 Å². The SMILES string of the molecule is CCC[C@@H](C)C[C@@H](O)C(=O)O. The first-order valence-corrected chi connectivity index (χ1v) is 3.98. The summed E-state index contributed by atoms with van der Waals surface area (Å²) in [5.41, 5.74) is 0. The Balaban J connectivity index is 3.56. The maximum atomic E-state index is 10.2. The molecule has 0 saturated heterocycles. The molecule has 2 N–H and O–H groups in total. The van der Waals surface area contributed by atoms with Gasteiger partial charge in [0.15, 0.2) is 6.10 Å². The van der Waals surface area contributed by atoms with E-state index < -0.39 is 12.1 Å². The Morgan fingerprint density at radius 2 is 2.09 bits per heavy atom. The van der Waals surface area contributed by atoms with E-state index in [0.717, 1.165) is 12.8 Å². The van der Waals surface area contributed by atoms with Crippen molar-refractivity contribution >= 4 is 5.97 Å². The van der Waals surface area contributed by atoms with E-state index in [2.05, 4.69) is 0 Å². The van der Waals surface area contributed by atoms with Crippen molar-refractivity contribution in [1.82, 2.24) is 0 Å². The van der Waals surface area contributed by atoms with Crippen LogP contribution in [0.4, 0.5) is 0 Å². The van der Waals surface area contributed by atoms with Gasteiger partial charge in [0, 0.05) is 0 Å². The van der Waals surface area contributed by atoms with Crippen molar-refractivity contribution in [3.8, 4) is 0 Å². The highest BCUT2D eigenvalue weighted by Gasteiger charge is 2.15. The number of carboxylic acid groups (broad SMARTS) is 1. The topological polar surface area (TPSA) is 57.5 Å². The van der Waals surface area contributed by atoms with E-state index in [0.29, 0.717) is 12.3 Å². The molecule has 0 aromatic carbocycles. The molecule has 0 radical (unpaired) electrons. The molecule has 0 amide bonds. The molecule has 11 heavy (non-hydrogen) atoms. The predicted molar refractivity (Wildman–Crippen MR) is 42.3 cm³/mol. The van der Waals surface area contributed by atoms with Gasteiger partial charge in [0.05, 0.1) is 0 Å². The van der Waals surface area contributed by atoms with Crippen molar-refractivity contribution < 1.29 is 15.0 Å². The van der Waals surface area contributed by atoms with Crippen LogP contribution in [-0.4, -0.2) is 22.3 Å². The summed E-state index contributed by atoms with van der Waals surface area (Å²) in [6.45, 7) is 4.00. The van der Waals surface area contributed by atoms with Gasteiger partial charge in [-0.3, -0.25) is 0 Å². The van der Waals surface area contributed by atoms with E-state index in [4.69, 9.17) is 10.2 Å². The molecule has 0 aliphatic rings. The lowest BCUT2D eigenvalue weighted by Gasteiger charge is -2.11. The fourth-order valence-corrected chi connectivity index (χ4v) is 1.09. The van der Waals surface area contributed by atoms with Gasteiger partial charge in [0.2, 0.25) is 0 Å². The molecule has 3 heteroatoms. The molecule has 66 valence electrons.